The van der Waals surface area contributed by atoms with E-state index >= 15 is 0 Å². The molecule has 0 aliphatic carbocycles. The molecule has 0 bridgehead atoms. The lowest BCUT2D eigenvalue weighted by Crippen LogP contribution is -2.42. The van der Waals surface area contributed by atoms with Crippen molar-refractivity contribution in [2.24, 2.45) is 0 Å². The summed E-state index contributed by atoms with van der Waals surface area (Å²) in [5.41, 5.74) is 0.698. The number of thiophene rings is 1. The fourth-order valence-electron chi connectivity index (χ4n) is 2.54. The maximum absolute atomic E-state index is 12.5. The molecule has 0 radical (unpaired) electrons. The van der Waals surface area contributed by atoms with Gasteiger partial charge in [0.25, 0.3) is 0 Å². The first-order valence-electron chi connectivity index (χ1n) is 7.03. The third-order valence-electron chi connectivity index (χ3n) is 3.60. The van der Waals surface area contributed by atoms with E-state index < -0.39 is 6.04 Å². The predicted molar refractivity (Wildman–Crippen MR) is 88.4 cm³/mol. The van der Waals surface area contributed by atoms with Crippen LogP contribution in [0.15, 0.2) is 41.8 Å². The van der Waals surface area contributed by atoms with Gasteiger partial charge in [0.1, 0.15) is 6.04 Å². The Labute approximate surface area is 137 Å². The van der Waals surface area contributed by atoms with Crippen molar-refractivity contribution in [3.05, 3.63) is 51.7 Å². The zero-order chi connectivity index (χ0) is 15.5. The molecule has 2 heterocycles. The lowest BCUT2D eigenvalue weighted by atomic mass is 10.2. The number of halogens is 1. The van der Waals surface area contributed by atoms with Crippen LogP contribution in [-0.2, 0) is 16.0 Å². The number of carbonyl (C=O) groups excluding carboxylic acids is 2. The zero-order valence-corrected chi connectivity index (χ0v) is 13.4. The van der Waals surface area contributed by atoms with Gasteiger partial charge < -0.3 is 10.2 Å². The van der Waals surface area contributed by atoms with Crippen molar-refractivity contribution in [3.8, 4) is 0 Å². The Balaban J connectivity index is 1.64. The summed E-state index contributed by atoms with van der Waals surface area (Å²) >= 11 is 7.67. The van der Waals surface area contributed by atoms with Crippen molar-refractivity contribution >= 4 is 40.4 Å². The minimum atomic E-state index is -0.469. The van der Waals surface area contributed by atoms with Crippen LogP contribution in [0.4, 0.5) is 5.69 Å². The van der Waals surface area contributed by atoms with Gasteiger partial charge in [-0.3, -0.25) is 9.59 Å². The van der Waals surface area contributed by atoms with Gasteiger partial charge in [-0.15, -0.1) is 11.3 Å². The van der Waals surface area contributed by atoms with Gasteiger partial charge in [0.05, 0.1) is 17.1 Å². The highest BCUT2D eigenvalue weighted by Crippen LogP contribution is 2.29. The Morgan fingerprint density at radius 2 is 2.14 bits per heavy atom. The van der Waals surface area contributed by atoms with Crippen LogP contribution in [0.3, 0.4) is 0 Å². The highest BCUT2D eigenvalue weighted by Gasteiger charge is 2.34. The summed E-state index contributed by atoms with van der Waals surface area (Å²) in [5.74, 6) is -0.227. The van der Waals surface area contributed by atoms with Crippen molar-refractivity contribution in [1.82, 2.24) is 5.32 Å². The summed E-state index contributed by atoms with van der Waals surface area (Å²) < 4.78 is 0. The number of anilines is 1. The van der Waals surface area contributed by atoms with E-state index in [0.717, 1.165) is 4.88 Å². The topological polar surface area (TPSA) is 49.4 Å². The second kappa shape index (κ2) is 6.50. The van der Waals surface area contributed by atoms with Gasteiger partial charge >= 0.3 is 0 Å². The minimum absolute atomic E-state index is 0.104. The van der Waals surface area contributed by atoms with Crippen molar-refractivity contribution in [1.29, 1.82) is 0 Å². The van der Waals surface area contributed by atoms with Crippen LogP contribution in [0.25, 0.3) is 0 Å². The van der Waals surface area contributed by atoms with Crippen LogP contribution >= 0.6 is 22.9 Å². The van der Waals surface area contributed by atoms with E-state index in [-0.39, 0.29) is 11.8 Å². The van der Waals surface area contributed by atoms with Gasteiger partial charge in [0, 0.05) is 11.4 Å². The maximum atomic E-state index is 12.5. The summed E-state index contributed by atoms with van der Waals surface area (Å²) in [7, 11) is 0. The fourth-order valence-corrected chi connectivity index (χ4v) is 3.48. The number of nitrogens with one attached hydrogen (secondary N) is 1. The van der Waals surface area contributed by atoms with Crippen LogP contribution in [0.1, 0.15) is 11.3 Å². The van der Waals surface area contributed by atoms with E-state index in [1.807, 2.05) is 35.7 Å². The van der Waals surface area contributed by atoms with Gasteiger partial charge in [-0.05, 0) is 30.0 Å². The number of nitrogens with zero attached hydrogens (tertiary/aromatic N) is 1. The molecule has 3 rings (SSSR count). The van der Waals surface area contributed by atoms with Gasteiger partial charge in [-0.2, -0.15) is 0 Å². The number of hydrogen-bond acceptors (Lipinski definition) is 3. The number of carbonyl (C=O) groups is 2. The lowest BCUT2D eigenvalue weighted by molar-refractivity contribution is -0.126. The van der Waals surface area contributed by atoms with E-state index in [1.165, 1.54) is 11.3 Å². The molecule has 1 atom stereocenters. The molecule has 1 aromatic heterocycles. The molecule has 0 unspecified atom stereocenters. The van der Waals surface area contributed by atoms with E-state index in [2.05, 4.69) is 5.32 Å². The summed E-state index contributed by atoms with van der Waals surface area (Å²) in [5, 5.41) is 5.30. The van der Waals surface area contributed by atoms with Gasteiger partial charge in [0.2, 0.25) is 11.8 Å². The summed E-state index contributed by atoms with van der Waals surface area (Å²) in [6.07, 6.45) is 0.910. The van der Waals surface area contributed by atoms with Crippen LogP contribution in [0, 0.1) is 0 Å². The van der Waals surface area contributed by atoms with E-state index in [4.69, 9.17) is 11.6 Å². The third kappa shape index (κ3) is 3.15. The SMILES string of the molecule is O=C(Cc1cccs1)N[C@H]1CCN(c2ccccc2Cl)C1=O. The van der Waals surface area contributed by atoms with Crippen molar-refractivity contribution in [3.63, 3.8) is 0 Å². The zero-order valence-electron chi connectivity index (χ0n) is 11.8. The molecule has 1 fully saturated rings. The molecule has 114 valence electrons. The Kier molecular flexibility index (Phi) is 4.45. The molecular formula is C16H15ClN2O2S. The normalized spacial score (nSPS) is 17.8. The number of benzene rings is 1. The molecule has 6 heteroatoms. The third-order valence-corrected chi connectivity index (χ3v) is 4.79. The number of rotatable bonds is 4. The summed E-state index contributed by atoms with van der Waals surface area (Å²) in [6, 6.07) is 10.6. The predicted octanol–water partition coefficient (Wildman–Crippen LogP) is 2.87. The van der Waals surface area contributed by atoms with Crippen LogP contribution in [0.5, 0.6) is 0 Å². The first-order valence-corrected chi connectivity index (χ1v) is 8.28. The van der Waals surface area contributed by atoms with Gasteiger partial charge in [-0.25, -0.2) is 0 Å². The Morgan fingerprint density at radius 1 is 1.32 bits per heavy atom. The summed E-state index contributed by atoms with van der Waals surface area (Å²) in [6.45, 7) is 0.562. The highest BCUT2D eigenvalue weighted by atomic mass is 35.5. The molecule has 2 amide bonds. The molecule has 1 aromatic carbocycles. The molecule has 4 nitrogen and oxygen atoms in total. The van der Waals surface area contributed by atoms with Gasteiger partial charge in [0.15, 0.2) is 0 Å². The lowest BCUT2D eigenvalue weighted by Gasteiger charge is -2.18. The molecule has 1 saturated heterocycles. The molecule has 0 spiro atoms. The number of hydrogen-bond donors (Lipinski definition) is 1. The molecule has 0 saturated carbocycles. The van der Waals surface area contributed by atoms with Crippen molar-refractivity contribution < 1.29 is 9.59 Å². The van der Waals surface area contributed by atoms with Crippen molar-refractivity contribution in [2.75, 3.05) is 11.4 Å². The van der Waals surface area contributed by atoms with Crippen LogP contribution in [0.2, 0.25) is 5.02 Å². The first kappa shape index (κ1) is 15.1. The Bertz CT molecular complexity index is 687. The number of amides is 2. The first-order chi connectivity index (χ1) is 10.6. The monoisotopic (exact) mass is 334 g/mol. The maximum Gasteiger partial charge on any atom is 0.249 e. The average Bonchev–Trinajstić information content (AvgIpc) is 3.11. The van der Waals surface area contributed by atoms with Crippen molar-refractivity contribution in [2.45, 2.75) is 18.9 Å². The molecular weight excluding hydrogens is 320 g/mol. The molecule has 1 aliphatic rings. The standard InChI is InChI=1S/C16H15ClN2O2S/c17-12-5-1-2-6-14(12)19-8-7-13(16(19)21)18-15(20)10-11-4-3-9-22-11/h1-6,9,13H,7-8,10H2,(H,18,20)/t13-/m0/s1. The second-order valence-electron chi connectivity index (χ2n) is 5.11. The smallest absolute Gasteiger partial charge is 0.249 e. The van der Waals surface area contributed by atoms with Crippen LogP contribution in [-0.4, -0.2) is 24.4 Å². The Morgan fingerprint density at radius 3 is 2.86 bits per heavy atom. The minimum Gasteiger partial charge on any atom is -0.344 e. The summed E-state index contributed by atoms with van der Waals surface area (Å²) in [4.78, 5) is 27.1. The highest BCUT2D eigenvalue weighted by molar-refractivity contribution is 7.10. The largest absolute Gasteiger partial charge is 0.344 e. The molecule has 2 aromatic rings. The van der Waals surface area contributed by atoms with E-state index in [1.54, 1.807) is 11.0 Å². The Hall–Kier alpha value is -1.85. The van der Waals surface area contributed by atoms with Crippen LogP contribution < -0.4 is 10.2 Å². The fraction of sp³-hybridized carbons (Fsp3) is 0.250. The second-order valence-corrected chi connectivity index (χ2v) is 6.55. The number of para-hydroxylation sites is 1. The van der Waals surface area contributed by atoms with E-state index in [0.29, 0.717) is 30.1 Å². The van der Waals surface area contributed by atoms with E-state index in [9.17, 15) is 9.59 Å². The quantitative estimate of drug-likeness (QED) is 0.934. The van der Waals surface area contributed by atoms with Gasteiger partial charge in [-0.1, -0.05) is 29.8 Å². The molecule has 22 heavy (non-hydrogen) atoms. The molecule has 1 aliphatic heterocycles. The molecule has 1 N–H and O–H groups in total. The average molecular weight is 335 g/mol.